The molecule has 2 nitrogen and oxygen atoms in total. The molecule has 4 heteroatoms. The lowest BCUT2D eigenvalue weighted by Crippen LogP contribution is -2.49. The largest absolute Gasteiger partial charge is 0.304 e. The van der Waals surface area contributed by atoms with Crippen LogP contribution in [0.1, 0.15) is 25.8 Å². The number of benzene rings is 1. The Morgan fingerprint density at radius 3 is 2.65 bits per heavy atom. The third-order valence-corrected chi connectivity index (χ3v) is 6.61. The van der Waals surface area contributed by atoms with Crippen molar-refractivity contribution in [2.75, 3.05) is 33.2 Å². The zero-order valence-electron chi connectivity index (χ0n) is 15.8. The SMILES string of the molecule is CC(C)C1=CC(N2CCN(C)CC2)CC2=C1C=CSc1cc(F)ccc12. The molecule has 2 heterocycles. The number of likely N-dealkylation sites (N-methyl/N-ethyl adjacent to an activating group) is 1. The van der Waals surface area contributed by atoms with Gasteiger partial charge in [-0.2, -0.15) is 0 Å². The number of piperazine rings is 1. The summed E-state index contributed by atoms with van der Waals surface area (Å²) in [5.41, 5.74) is 5.38. The van der Waals surface area contributed by atoms with Crippen molar-refractivity contribution in [3.05, 3.63) is 58.3 Å². The lowest BCUT2D eigenvalue weighted by molar-refractivity contribution is 0.130. The summed E-state index contributed by atoms with van der Waals surface area (Å²) in [4.78, 5) is 6.06. The van der Waals surface area contributed by atoms with Crippen LogP contribution in [0.4, 0.5) is 4.39 Å². The molecular weight excluding hydrogens is 343 g/mol. The molecule has 1 atom stereocenters. The first-order valence-electron chi connectivity index (χ1n) is 9.54. The number of hydrogen-bond donors (Lipinski definition) is 0. The molecule has 0 radical (unpaired) electrons. The smallest absolute Gasteiger partial charge is 0.124 e. The Balaban J connectivity index is 1.75. The molecule has 1 aromatic carbocycles. The second kappa shape index (κ2) is 7.34. The highest BCUT2D eigenvalue weighted by atomic mass is 32.2. The number of hydrogen-bond acceptors (Lipinski definition) is 3. The Bertz CT molecular complexity index is 785. The van der Waals surface area contributed by atoms with Gasteiger partial charge in [-0.3, -0.25) is 4.90 Å². The summed E-state index contributed by atoms with van der Waals surface area (Å²) in [6.45, 7) is 9.05. The molecule has 138 valence electrons. The first kappa shape index (κ1) is 18.0. The summed E-state index contributed by atoms with van der Waals surface area (Å²) in [6.07, 6.45) is 5.75. The van der Waals surface area contributed by atoms with Crippen LogP contribution in [-0.4, -0.2) is 49.1 Å². The zero-order valence-corrected chi connectivity index (χ0v) is 16.7. The van der Waals surface area contributed by atoms with Crippen molar-refractivity contribution in [2.24, 2.45) is 5.92 Å². The van der Waals surface area contributed by atoms with Gasteiger partial charge in [0.2, 0.25) is 0 Å². The lowest BCUT2D eigenvalue weighted by atomic mass is 9.80. The third kappa shape index (κ3) is 3.42. The van der Waals surface area contributed by atoms with Gasteiger partial charge < -0.3 is 4.90 Å². The van der Waals surface area contributed by atoms with Gasteiger partial charge in [-0.1, -0.05) is 37.8 Å². The highest BCUT2D eigenvalue weighted by Gasteiger charge is 2.30. The number of allylic oxidation sites excluding steroid dienone is 3. The molecule has 1 aliphatic carbocycles. The first-order chi connectivity index (χ1) is 12.5. The number of thioether (sulfide) groups is 1. The van der Waals surface area contributed by atoms with Crippen molar-refractivity contribution in [1.82, 2.24) is 9.80 Å². The lowest BCUT2D eigenvalue weighted by Gasteiger charge is -2.40. The van der Waals surface area contributed by atoms with E-state index in [1.807, 2.05) is 6.07 Å². The molecule has 0 bridgehead atoms. The van der Waals surface area contributed by atoms with Crippen LogP contribution < -0.4 is 0 Å². The summed E-state index contributed by atoms with van der Waals surface area (Å²) in [7, 11) is 2.20. The normalized spacial score (nSPS) is 24.3. The van der Waals surface area contributed by atoms with Gasteiger partial charge in [0.25, 0.3) is 0 Å². The van der Waals surface area contributed by atoms with Crippen molar-refractivity contribution in [2.45, 2.75) is 31.2 Å². The molecule has 0 aromatic heterocycles. The second-order valence-corrected chi connectivity index (χ2v) is 8.79. The van der Waals surface area contributed by atoms with E-state index < -0.39 is 0 Å². The van der Waals surface area contributed by atoms with Crippen LogP contribution in [0.3, 0.4) is 0 Å². The molecule has 1 unspecified atom stereocenters. The predicted molar refractivity (Wildman–Crippen MR) is 109 cm³/mol. The van der Waals surface area contributed by atoms with Gasteiger partial charge in [-0.15, -0.1) is 0 Å². The van der Waals surface area contributed by atoms with Gasteiger partial charge in [0.05, 0.1) is 0 Å². The fourth-order valence-corrected chi connectivity index (χ4v) is 5.06. The molecule has 0 saturated carbocycles. The average Bonchev–Trinajstić information content (AvgIpc) is 2.80. The highest BCUT2D eigenvalue weighted by Crippen LogP contribution is 2.44. The van der Waals surface area contributed by atoms with E-state index in [9.17, 15) is 4.39 Å². The van der Waals surface area contributed by atoms with Crippen molar-refractivity contribution in [1.29, 1.82) is 0 Å². The standard InChI is InChI=1S/C22H27FN2S/c1-15(2)20-13-17(25-9-7-24(3)8-10-25)14-21-18(20)6-11-26-22-12-16(23)4-5-19(21)22/h4-6,11-13,15,17H,7-10,14H2,1-3H3. The molecule has 26 heavy (non-hydrogen) atoms. The molecule has 1 aromatic rings. The Morgan fingerprint density at radius 1 is 1.15 bits per heavy atom. The van der Waals surface area contributed by atoms with Crippen molar-refractivity contribution in [3.8, 4) is 0 Å². The van der Waals surface area contributed by atoms with Crippen molar-refractivity contribution in [3.63, 3.8) is 0 Å². The maximum Gasteiger partial charge on any atom is 0.124 e. The maximum atomic E-state index is 13.8. The van der Waals surface area contributed by atoms with E-state index in [2.05, 4.69) is 48.3 Å². The van der Waals surface area contributed by atoms with Crippen LogP contribution >= 0.6 is 11.8 Å². The molecule has 1 saturated heterocycles. The van der Waals surface area contributed by atoms with Crippen LogP contribution in [0.15, 0.2) is 51.8 Å². The fourth-order valence-electron chi connectivity index (χ4n) is 4.21. The first-order valence-corrected chi connectivity index (χ1v) is 10.4. The van der Waals surface area contributed by atoms with Crippen LogP contribution in [0, 0.1) is 11.7 Å². The molecule has 0 spiro atoms. The van der Waals surface area contributed by atoms with E-state index in [0.717, 1.165) is 37.5 Å². The van der Waals surface area contributed by atoms with Gasteiger partial charge >= 0.3 is 0 Å². The Morgan fingerprint density at radius 2 is 1.92 bits per heavy atom. The summed E-state index contributed by atoms with van der Waals surface area (Å²) >= 11 is 1.63. The average molecular weight is 371 g/mol. The Kier molecular flexibility index (Phi) is 5.09. The monoisotopic (exact) mass is 370 g/mol. The van der Waals surface area contributed by atoms with Gasteiger partial charge in [0.1, 0.15) is 5.82 Å². The molecular formula is C22H27FN2S. The van der Waals surface area contributed by atoms with Crippen molar-refractivity contribution >= 4 is 17.3 Å². The third-order valence-electron chi connectivity index (χ3n) is 5.75. The minimum atomic E-state index is -0.153. The van der Waals surface area contributed by atoms with Crippen LogP contribution in [-0.2, 0) is 0 Å². The molecule has 0 amide bonds. The van der Waals surface area contributed by atoms with Gasteiger partial charge in [-0.25, -0.2) is 4.39 Å². The quantitative estimate of drug-likeness (QED) is 0.738. The molecule has 3 aliphatic rings. The van der Waals surface area contributed by atoms with Crippen LogP contribution in [0.5, 0.6) is 0 Å². The van der Waals surface area contributed by atoms with E-state index in [-0.39, 0.29) is 5.82 Å². The van der Waals surface area contributed by atoms with E-state index in [4.69, 9.17) is 0 Å². The summed E-state index contributed by atoms with van der Waals surface area (Å²) < 4.78 is 13.8. The molecule has 0 N–H and O–H groups in total. The summed E-state index contributed by atoms with van der Waals surface area (Å²) in [5, 5.41) is 2.12. The van der Waals surface area contributed by atoms with Gasteiger partial charge in [0.15, 0.2) is 0 Å². The minimum absolute atomic E-state index is 0.153. The maximum absolute atomic E-state index is 13.8. The van der Waals surface area contributed by atoms with E-state index in [1.165, 1.54) is 22.3 Å². The van der Waals surface area contributed by atoms with Crippen LogP contribution in [0.2, 0.25) is 0 Å². The summed E-state index contributed by atoms with van der Waals surface area (Å²) in [5.74, 6) is 0.326. The number of nitrogens with zero attached hydrogens (tertiary/aromatic N) is 2. The summed E-state index contributed by atoms with van der Waals surface area (Å²) in [6, 6.07) is 5.70. The zero-order chi connectivity index (χ0) is 18.3. The van der Waals surface area contributed by atoms with Gasteiger partial charge in [-0.05, 0) is 65.3 Å². The van der Waals surface area contributed by atoms with Crippen molar-refractivity contribution < 1.29 is 4.39 Å². The fraction of sp³-hybridized carbons (Fsp3) is 0.455. The highest BCUT2D eigenvalue weighted by molar-refractivity contribution is 8.02. The number of rotatable bonds is 2. The van der Waals surface area contributed by atoms with E-state index >= 15 is 0 Å². The Labute approximate surface area is 160 Å². The topological polar surface area (TPSA) is 6.48 Å². The predicted octanol–water partition coefficient (Wildman–Crippen LogP) is 4.80. The molecule has 4 rings (SSSR count). The van der Waals surface area contributed by atoms with Crippen LogP contribution in [0.25, 0.3) is 5.57 Å². The number of fused-ring (bicyclic) bond motifs is 2. The minimum Gasteiger partial charge on any atom is -0.304 e. The van der Waals surface area contributed by atoms with E-state index in [0.29, 0.717) is 12.0 Å². The van der Waals surface area contributed by atoms with E-state index in [1.54, 1.807) is 23.9 Å². The molecule has 2 aliphatic heterocycles. The molecule has 1 fully saturated rings. The van der Waals surface area contributed by atoms with Gasteiger partial charge in [0, 0.05) is 37.1 Å². The second-order valence-electron chi connectivity index (χ2n) is 7.84. The number of halogens is 1. The Hall–Kier alpha value is -1.36.